The normalized spacial score (nSPS) is 38.8. The molecule has 2 aliphatic rings. The van der Waals surface area contributed by atoms with Crippen LogP contribution in [0.4, 0.5) is 0 Å². The predicted octanol–water partition coefficient (Wildman–Crippen LogP) is 1.18. The van der Waals surface area contributed by atoms with Crippen LogP contribution in [0.2, 0.25) is 0 Å². The summed E-state index contributed by atoms with van der Waals surface area (Å²) >= 11 is 0. The van der Waals surface area contributed by atoms with Gasteiger partial charge in [0.15, 0.2) is 0 Å². The number of carbonyl (C=O) groups is 1. The molecule has 0 aliphatic carbocycles. The Kier molecular flexibility index (Phi) is 3.61. The molecule has 0 radical (unpaired) electrons. The molecule has 0 aromatic heterocycles. The molecule has 0 saturated carbocycles. The molecule has 2 heterocycles. The average molecular weight is 226 g/mol. The van der Waals surface area contributed by atoms with Gasteiger partial charge in [0.2, 0.25) is 0 Å². The molecule has 2 rings (SSSR count). The van der Waals surface area contributed by atoms with E-state index in [1.54, 1.807) is 6.08 Å². The summed E-state index contributed by atoms with van der Waals surface area (Å²) in [4.78, 5) is 11.5. The summed E-state index contributed by atoms with van der Waals surface area (Å²) in [6, 6.07) is 0. The third-order valence-electron chi connectivity index (χ3n) is 2.92. The van der Waals surface area contributed by atoms with Crippen molar-refractivity contribution in [2.24, 2.45) is 0 Å². The van der Waals surface area contributed by atoms with Crippen molar-refractivity contribution in [3.05, 3.63) is 12.2 Å². The van der Waals surface area contributed by atoms with Gasteiger partial charge in [-0.3, -0.25) is 4.79 Å². The molecule has 0 bridgehead atoms. The Morgan fingerprint density at radius 2 is 2.31 bits per heavy atom. The molecule has 0 aromatic rings. The van der Waals surface area contributed by atoms with Crippen molar-refractivity contribution in [1.29, 1.82) is 0 Å². The second-order valence-electron chi connectivity index (χ2n) is 4.43. The van der Waals surface area contributed by atoms with Crippen molar-refractivity contribution >= 4 is 5.97 Å². The highest BCUT2D eigenvalue weighted by atomic mass is 16.6. The summed E-state index contributed by atoms with van der Waals surface area (Å²) in [7, 11) is 0. The summed E-state index contributed by atoms with van der Waals surface area (Å²) in [6.07, 6.45) is 5.55. The van der Waals surface area contributed by atoms with Crippen LogP contribution in [0.5, 0.6) is 0 Å². The Balaban J connectivity index is 1.99. The fraction of sp³-hybridized carbons (Fsp3) is 0.750. The van der Waals surface area contributed by atoms with Crippen molar-refractivity contribution in [2.75, 3.05) is 0 Å². The topological polar surface area (TPSA) is 59.1 Å². The highest BCUT2D eigenvalue weighted by Gasteiger charge is 2.39. The maximum absolute atomic E-state index is 11.5. The number of rotatable bonds is 2. The molecular weight excluding hydrogens is 208 g/mol. The number of hydrogen-bond donors (Lipinski definition) is 1. The van der Waals surface area contributed by atoms with Gasteiger partial charge < -0.3 is 14.6 Å². The third-order valence-corrected chi connectivity index (χ3v) is 2.92. The van der Waals surface area contributed by atoms with E-state index in [0.29, 0.717) is 0 Å². The molecule has 0 aromatic carbocycles. The lowest BCUT2D eigenvalue weighted by Gasteiger charge is -2.17. The number of aliphatic hydroxyl groups excluding tert-OH is 1. The number of ether oxygens (including phenoxy) is 2. The Labute approximate surface area is 95.2 Å². The smallest absolute Gasteiger partial charge is 0.309 e. The van der Waals surface area contributed by atoms with E-state index in [9.17, 15) is 9.90 Å². The lowest BCUT2D eigenvalue weighted by molar-refractivity contribution is -0.151. The summed E-state index contributed by atoms with van der Waals surface area (Å²) in [5.74, 6) is -0.324. The van der Waals surface area contributed by atoms with E-state index in [0.717, 1.165) is 19.3 Å². The Hall–Kier alpha value is -0.870. The van der Waals surface area contributed by atoms with Crippen molar-refractivity contribution in [3.63, 3.8) is 0 Å². The first-order chi connectivity index (χ1) is 7.69. The van der Waals surface area contributed by atoms with E-state index in [1.165, 1.54) is 0 Å². The monoisotopic (exact) mass is 226 g/mol. The van der Waals surface area contributed by atoms with Crippen LogP contribution in [0, 0.1) is 0 Å². The highest BCUT2D eigenvalue weighted by molar-refractivity contribution is 5.70. The number of carbonyl (C=O) groups excluding carboxylic acids is 1. The minimum atomic E-state index is -0.752. The first-order valence-corrected chi connectivity index (χ1v) is 5.90. The summed E-state index contributed by atoms with van der Waals surface area (Å²) in [5, 5.41) is 9.51. The van der Waals surface area contributed by atoms with Gasteiger partial charge in [0.1, 0.15) is 12.2 Å². The van der Waals surface area contributed by atoms with Gasteiger partial charge in [0.25, 0.3) is 0 Å². The van der Waals surface area contributed by atoms with E-state index in [1.807, 2.05) is 6.08 Å². The van der Waals surface area contributed by atoms with Crippen LogP contribution in [-0.2, 0) is 14.3 Å². The van der Waals surface area contributed by atoms with Crippen LogP contribution in [0.25, 0.3) is 0 Å². The van der Waals surface area contributed by atoms with Crippen molar-refractivity contribution in [3.8, 4) is 0 Å². The first-order valence-electron chi connectivity index (χ1n) is 5.90. The number of esters is 1. The van der Waals surface area contributed by atoms with Gasteiger partial charge in [0, 0.05) is 6.42 Å². The minimum Gasteiger partial charge on any atom is -0.462 e. The fourth-order valence-electron chi connectivity index (χ4n) is 2.03. The molecule has 4 heteroatoms. The third kappa shape index (κ3) is 3.06. The standard InChI is InChI=1S/C12H18O4/c1-2-3-9-7-11-10(16-11)5-4-8(13)6-12(14)15-9/h4-5,8-11,13H,2-3,6-7H2,1H3/t8-,9+,10+,11-/m1/s1. The molecule has 4 atom stereocenters. The zero-order chi connectivity index (χ0) is 11.5. The lowest BCUT2D eigenvalue weighted by atomic mass is 10.1. The van der Waals surface area contributed by atoms with Crippen LogP contribution in [0.15, 0.2) is 12.2 Å². The van der Waals surface area contributed by atoms with Crippen LogP contribution >= 0.6 is 0 Å². The lowest BCUT2D eigenvalue weighted by Crippen LogP contribution is -2.24. The predicted molar refractivity (Wildman–Crippen MR) is 57.8 cm³/mol. The molecule has 2 aliphatic heterocycles. The fourth-order valence-corrected chi connectivity index (χ4v) is 2.03. The molecular formula is C12H18O4. The molecule has 16 heavy (non-hydrogen) atoms. The van der Waals surface area contributed by atoms with Crippen LogP contribution in [0.3, 0.4) is 0 Å². The van der Waals surface area contributed by atoms with Crippen molar-refractivity contribution < 1.29 is 19.4 Å². The maximum Gasteiger partial charge on any atom is 0.309 e. The number of fused-ring (bicyclic) bond motifs is 1. The Morgan fingerprint density at radius 1 is 1.50 bits per heavy atom. The van der Waals surface area contributed by atoms with E-state index >= 15 is 0 Å². The number of hydrogen-bond acceptors (Lipinski definition) is 4. The molecule has 0 amide bonds. The average Bonchev–Trinajstić information content (AvgIpc) is 2.93. The number of cyclic esters (lactones) is 1. The van der Waals surface area contributed by atoms with E-state index in [-0.39, 0.29) is 30.7 Å². The Morgan fingerprint density at radius 3 is 3.06 bits per heavy atom. The van der Waals surface area contributed by atoms with E-state index < -0.39 is 6.10 Å². The first kappa shape index (κ1) is 11.6. The highest BCUT2D eigenvalue weighted by Crippen LogP contribution is 2.30. The number of epoxide rings is 1. The molecule has 0 spiro atoms. The number of aliphatic hydroxyl groups is 1. The summed E-state index contributed by atoms with van der Waals surface area (Å²) in [5.41, 5.74) is 0. The van der Waals surface area contributed by atoms with Gasteiger partial charge in [-0.2, -0.15) is 0 Å². The molecule has 4 nitrogen and oxygen atoms in total. The Bertz CT molecular complexity index is 287. The minimum absolute atomic E-state index is 0.0358. The van der Waals surface area contributed by atoms with Gasteiger partial charge in [-0.15, -0.1) is 0 Å². The molecule has 1 fully saturated rings. The van der Waals surface area contributed by atoms with Gasteiger partial charge in [0.05, 0.1) is 18.6 Å². The van der Waals surface area contributed by atoms with Gasteiger partial charge in [-0.25, -0.2) is 0 Å². The second-order valence-corrected chi connectivity index (χ2v) is 4.43. The molecule has 0 unspecified atom stereocenters. The van der Waals surface area contributed by atoms with Gasteiger partial charge in [-0.05, 0) is 6.42 Å². The van der Waals surface area contributed by atoms with Gasteiger partial charge in [-0.1, -0.05) is 25.5 Å². The van der Waals surface area contributed by atoms with Crippen LogP contribution in [0.1, 0.15) is 32.6 Å². The van der Waals surface area contributed by atoms with E-state index in [2.05, 4.69) is 6.92 Å². The van der Waals surface area contributed by atoms with Crippen molar-refractivity contribution in [1.82, 2.24) is 0 Å². The van der Waals surface area contributed by atoms with Gasteiger partial charge >= 0.3 is 5.97 Å². The maximum atomic E-state index is 11.5. The molecule has 1 saturated heterocycles. The van der Waals surface area contributed by atoms with Crippen LogP contribution in [-0.4, -0.2) is 35.5 Å². The molecule has 1 N–H and O–H groups in total. The zero-order valence-electron chi connectivity index (χ0n) is 9.46. The zero-order valence-corrected chi connectivity index (χ0v) is 9.46. The summed E-state index contributed by atoms with van der Waals surface area (Å²) < 4.78 is 10.7. The quantitative estimate of drug-likeness (QED) is 0.436. The van der Waals surface area contributed by atoms with Crippen molar-refractivity contribution in [2.45, 2.75) is 57.0 Å². The van der Waals surface area contributed by atoms with Crippen LogP contribution < -0.4 is 0 Å². The van der Waals surface area contributed by atoms with E-state index in [4.69, 9.17) is 9.47 Å². The second kappa shape index (κ2) is 4.97. The SMILES string of the molecule is CCC[C@H]1C[C@H]2O[C@H]2C=C[C@@H](O)CC(=O)O1. The molecule has 90 valence electrons. The largest absolute Gasteiger partial charge is 0.462 e. The summed E-state index contributed by atoms with van der Waals surface area (Å²) in [6.45, 7) is 2.06.